The molecular weight excluding hydrogens is 298 g/mol. The van der Waals surface area contributed by atoms with Crippen molar-refractivity contribution in [1.29, 1.82) is 0 Å². The summed E-state index contributed by atoms with van der Waals surface area (Å²) in [5, 5.41) is 0. The van der Waals surface area contributed by atoms with E-state index < -0.39 is 0 Å². The van der Waals surface area contributed by atoms with Gasteiger partial charge >= 0.3 is 0 Å². The van der Waals surface area contributed by atoms with E-state index in [0.717, 1.165) is 10.9 Å². The summed E-state index contributed by atoms with van der Waals surface area (Å²) in [5.41, 5.74) is 11.9. The smallest absolute Gasteiger partial charge is 0.0347 e. The Morgan fingerprint density at radius 2 is 1.84 bits per heavy atom. The Balaban J connectivity index is 1.80. The fourth-order valence-corrected chi connectivity index (χ4v) is 3.47. The maximum atomic E-state index is 6.34. The fourth-order valence-electron chi connectivity index (χ4n) is 2.89. The third-order valence-corrected chi connectivity index (χ3v) is 4.65. The van der Waals surface area contributed by atoms with Gasteiger partial charge in [0.1, 0.15) is 0 Å². The molecule has 98 valence electrons. The monoisotopic (exact) mass is 315 g/mol. The molecule has 2 N–H and O–H groups in total. The van der Waals surface area contributed by atoms with Gasteiger partial charge < -0.3 is 5.73 Å². The second-order valence-electron chi connectivity index (χ2n) is 5.29. The summed E-state index contributed by atoms with van der Waals surface area (Å²) in [6, 6.07) is 15.1. The summed E-state index contributed by atoms with van der Waals surface area (Å²) in [4.78, 5) is 0. The molecule has 2 aromatic carbocycles. The molecule has 0 spiro atoms. The van der Waals surface area contributed by atoms with Crippen molar-refractivity contribution in [3.05, 3.63) is 69.2 Å². The minimum atomic E-state index is 0.0510. The van der Waals surface area contributed by atoms with Gasteiger partial charge in [-0.3, -0.25) is 0 Å². The molecular formula is C17H18BrN. The lowest BCUT2D eigenvalue weighted by atomic mass is 9.97. The SMILES string of the molecule is NC(Cc1ccc2c(c1)CCC2)c1ccccc1Br. The fraction of sp³-hybridized carbons (Fsp3) is 0.294. The van der Waals surface area contributed by atoms with Gasteiger partial charge in [0, 0.05) is 10.5 Å². The minimum absolute atomic E-state index is 0.0510. The van der Waals surface area contributed by atoms with Gasteiger partial charge in [-0.1, -0.05) is 52.3 Å². The summed E-state index contributed by atoms with van der Waals surface area (Å²) in [6.45, 7) is 0. The van der Waals surface area contributed by atoms with Crippen LogP contribution < -0.4 is 5.73 Å². The highest BCUT2D eigenvalue weighted by Gasteiger charge is 2.14. The molecule has 0 bridgehead atoms. The number of rotatable bonds is 3. The number of aryl methyl sites for hydroxylation is 2. The van der Waals surface area contributed by atoms with Crippen molar-refractivity contribution in [2.24, 2.45) is 5.73 Å². The molecule has 1 nitrogen and oxygen atoms in total. The van der Waals surface area contributed by atoms with E-state index in [1.807, 2.05) is 12.1 Å². The Morgan fingerprint density at radius 1 is 1.05 bits per heavy atom. The highest BCUT2D eigenvalue weighted by atomic mass is 79.9. The number of hydrogen-bond donors (Lipinski definition) is 1. The van der Waals surface area contributed by atoms with Crippen LogP contribution in [0.2, 0.25) is 0 Å². The van der Waals surface area contributed by atoms with Gasteiger partial charge in [-0.2, -0.15) is 0 Å². The topological polar surface area (TPSA) is 26.0 Å². The molecule has 0 radical (unpaired) electrons. The van der Waals surface area contributed by atoms with Crippen LogP contribution in [0.3, 0.4) is 0 Å². The van der Waals surface area contributed by atoms with E-state index in [1.54, 1.807) is 0 Å². The van der Waals surface area contributed by atoms with Gasteiger partial charge in [0.15, 0.2) is 0 Å². The number of fused-ring (bicyclic) bond motifs is 1. The average Bonchev–Trinajstić information content (AvgIpc) is 2.86. The first-order valence-corrected chi connectivity index (χ1v) is 7.64. The van der Waals surface area contributed by atoms with Crippen molar-refractivity contribution < 1.29 is 0 Å². The van der Waals surface area contributed by atoms with Crippen LogP contribution in [0, 0.1) is 0 Å². The first-order chi connectivity index (χ1) is 9.24. The quantitative estimate of drug-likeness (QED) is 0.903. The van der Waals surface area contributed by atoms with E-state index >= 15 is 0 Å². The zero-order valence-electron chi connectivity index (χ0n) is 10.9. The molecule has 0 amide bonds. The Bertz CT molecular complexity index is 592. The summed E-state index contributed by atoms with van der Waals surface area (Å²) < 4.78 is 1.10. The van der Waals surface area contributed by atoms with Crippen LogP contribution in [0.15, 0.2) is 46.9 Å². The van der Waals surface area contributed by atoms with Crippen molar-refractivity contribution in [2.45, 2.75) is 31.7 Å². The van der Waals surface area contributed by atoms with Crippen LogP contribution >= 0.6 is 15.9 Å². The van der Waals surface area contributed by atoms with Crippen molar-refractivity contribution in [1.82, 2.24) is 0 Å². The Kier molecular flexibility index (Phi) is 3.72. The Labute approximate surface area is 123 Å². The predicted molar refractivity (Wildman–Crippen MR) is 83.2 cm³/mol. The van der Waals surface area contributed by atoms with E-state index in [9.17, 15) is 0 Å². The maximum absolute atomic E-state index is 6.34. The highest BCUT2D eigenvalue weighted by Crippen LogP contribution is 2.27. The second-order valence-corrected chi connectivity index (χ2v) is 6.14. The van der Waals surface area contributed by atoms with E-state index in [2.05, 4.69) is 46.3 Å². The largest absolute Gasteiger partial charge is 0.324 e. The zero-order chi connectivity index (χ0) is 13.2. The number of hydrogen-bond acceptors (Lipinski definition) is 1. The molecule has 2 heteroatoms. The van der Waals surface area contributed by atoms with Gasteiger partial charge in [0.05, 0.1) is 0 Å². The first-order valence-electron chi connectivity index (χ1n) is 6.85. The maximum Gasteiger partial charge on any atom is 0.0347 e. The number of nitrogens with two attached hydrogens (primary N) is 1. The van der Waals surface area contributed by atoms with Crippen molar-refractivity contribution in [2.75, 3.05) is 0 Å². The summed E-state index contributed by atoms with van der Waals surface area (Å²) >= 11 is 3.58. The van der Waals surface area contributed by atoms with Gasteiger partial charge in [0.25, 0.3) is 0 Å². The zero-order valence-corrected chi connectivity index (χ0v) is 12.5. The van der Waals surface area contributed by atoms with Crippen molar-refractivity contribution in [3.63, 3.8) is 0 Å². The molecule has 0 aromatic heterocycles. The first kappa shape index (κ1) is 12.9. The van der Waals surface area contributed by atoms with E-state index in [0.29, 0.717) is 0 Å². The lowest BCUT2D eigenvalue weighted by molar-refractivity contribution is 0.718. The lowest BCUT2D eigenvalue weighted by Gasteiger charge is -2.14. The minimum Gasteiger partial charge on any atom is -0.324 e. The molecule has 2 aromatic rings. The van der Waals surface area contributed by atoms with Crippen LogP contribution in [0.5, 0.6) is 0 Å². The van der Waals surface area contributed by atoms with Crippen molar-refractivity contribution in [3.8, 4) is 0 Å². The third-order valence-electron chi connectivity index (χ3n) is 3.92. The number of benzene rings is 2. The van der Waals surface area contributed by atoms with Crippen molar-refractivity contribution >= 4 is 15.9 Å². The molecule has 0 saturated carbocycles. The molecule has 0 fully saturated rings. The summed E-state index contributed by atoms with van der Waals surface area (Å²) in [5.74, 6) is 0. The standard InChI is InChI=1S/C17H18BrN/c18-16-7-2-1-6-15(16)17(19)11-12-8-9-13-4-3-5-14(13)10-12/h1-2,6-10,17H,3-5,11,19H2. The molecule has 1 unspecified atom stereocenters. The van der Waals surface area contributed by atoms with E-state index in [1.165, 1.54) is 41.5 Å². The van der Waals surface area contributed by atoms with Gasteiger partial charge in [-0.25, -0.2) is 0 Å². The summed E-state index contributed by atoms with van der Waals surface area (Å²) in [7, 11) is 0. The number of halogens is 1. The van der Waals surface area contributed by atoms with Crippen LogP contribution in [-0.2, 0) is 19.3 Å². The van der Waals surface area contributed by atoms with Crippen LogP contribution in [-0.4, -0.2) is 0 Å². The molecule has 19 heavy (non-hydrogen) atoms. The Hall–Kier alpha value is -1.12. The second kappa shape index (κ2) is 5.48. The van der Waals surface area contributed by atoms with Crippen LogP contribution in [0.25, 0.3) is 0 Å². The molecule has 0 heterocycles. The van der Waals surface area contributed by atoms with Gasteiger partial charge in [0.2, 0.25) is 0 Å². The molecule has 0 saturated heterocycles. The lowest BCUT2D eigenvalue weighted by Crippen LogP contribution is -2.14. The van der Waals surface area contributed by atoms with Gasteiger partial charge in [-0.05, 0) is 54.0 Å². The van der Waals surface area contributed by atoms with Crippen LogP contribution in [0.4, 0.5) is 0 Å². The summed E-state index contributed by atoms with van der Waals surface area (Å²) in [6.07, 6.45) is 4.67. The third kappa shape index (κ3) is 2.75. The molecule has 1 atom stereocenters. The molecule has 3 rings (SSSR count). The Morgan fingerprint density at radius 3 is 2.68 bits per heavy atom. The average molecular weight is 316 g/mol. The van der Waals surface area contributed by atoms with E-state index in [-0.39, 0.29) is 6.04 Å². The van der Waals surface area contributed by atoms with Gasteiger partial charge in [-0.15, -0.1) is 0 Å². The van der Waals surface area contributed by atoms with Crippen LogP contribution in [0.1, 0.15) is 34.7 Å². The predicted octanol–water partition coefficient (Wildman–Crippen LogP) is 4.18. The molecule has 0 aliphatic heterocycles. The highest BCUT2D eigenvalue weighted by molar-refractivity contribution is 9.10. The molecule has 1 aliphatic rings. The molecule has 1 aliphatic carbocycles. The normalized spacial score (nSPS) is 15.3. The van der Waals surface area contributed by atoms with E-state index in [4.69, 9.17) is 5.73 Å².